The number of rotatable bonds is 5. The normalized spacial score (nSPS) is 15.2. The van der Waals surface area contributed by atoms with E-state index in [1.807, 2.05) is 13.8 Å². The van der Waals surface area contributed by atoms with Gasteiger partial charge in [-0.15, -0.1) is 0 Å². The summed E-state index contributed by atoms with van der Waals surface area (Å²) in [6.07, 6.45) is 8.65. The van der Waals surface area contributed by atoms with Gasteiger partial charge in [0.25, 0.3) is 0 Å². The number of nitrogens with one attached hydrogen (secondary N) is 1. The lowest BCUT2D eigenvalue weighted by Crippen LogP contribution is -2.26. The van der Waals surface area contributed by atoms with Crippen molar-refractivity contribution in [3.63, 3.8) is 0 Å². The number of carbonyl (C=O) groups excluding carboxylic acids is 1. The van der Waals surface area contributed by atoms with Gasteiger partial charge in [0.2, 0.25) is 5.91 Å². The molecule has 104 valence electrons. The third kappa shape index (κ3) is 3.94. The molecule has 1 aromatic heterocycles. The van der Waals surface area contributed by atoms with Crippen molar-refractivity contribution in [2.45, 2.75) is 52.4 Å². The van der Waals surface area contributed by atoms with Crippen molar-refractivity contribution in [3.05, 3.63) is 28.7 Å². The fraction of sp³-hybridized carbons (Fsp3) is 0.600. The van der Waals surface area contributed by atoms with E-state index in [1.54, 1.807) is 0 Å². The molecule has 0 aromatic carbocycles. The summed E-state index contributed by atoms with van der Waals surface area (Å²) in [6, 6.07) is 0. The first-order chi connectivity index (χ1) is 9.16. The topological polar surface area (TPSA) is 55.1 Å². The maximum Gasteiger partial charge on any atom is 0.224 e. The summed E-state index contributed by atoms with van der Waals surface area (Å²) in [5.41, 5.74) is 3.21. The van der Waals surface area contributed by atoms with Gasteiger partial charge in [-0.3, -0.25) is 4.79 Å². The van der Waals surface area contributed by atoms with Crippen LogP contribution in [0.2, 0.25) is 0 Å². The van der Waals surface area contributed by atoms with Crippen LogP contribution in [0.3, 0.4) is 0 Å². The molecule has 1 amide bonds. The Bertz CT molecular complexity index is 455. The summed E-state index contributed by atoms with van der Waals surface area (Å²) in [7, 11) is 0. The highest BCUT2D eigenvalue weighted by molar-refractivity contribution is 5.78. The molecule has 0 aliphatic heterocycles. The molecular formula is C15H22N2O2. The Hall–Kier alpha value is -1.58. The molecule has 0 saturated carbocycles. The van der Waals surface area contributed by atoms with Gasteiger partial charge in [0.05, 0.1) is 12.1 Å². The number of hydrogen-bond donors (Lipinski definition) is 1. The third-order valence-electron chi connectivity index (χ3n) is 3.67. The molecule has 0 atom stereocenters. The minimum atomic E-state index is 0.0470. The molecule has 4 heteroatoms. The second kappa shape index (κ2) is 6.55. The van der Waals surface area contributed by atoms with Crippen molar-refractivity contribution in [3.8, 4) is 0 Å². The second-order valence-corrected chi connectivity index (χ2v) is 5.19. The van der Waals surface area contributed by atoms with E-state index < -0.39 is 0 Å². The van der Waals surface area contributed by atoms with Gasteiger partial charge in [-0.1, -0.05) is 16.8 Å². The van der Waals surface area contributed by atoms with E-state index in [9.17, 15) is 4.79 Å². The Labute approximate surface area is 114 Å². The van der Waals surface area contributed by atoms with Gasteiger partial charge in [0.1, 0.15) is 5.76 Å². The molecule has 1 aliphatic carbocycles. The fourth-order valence-corrected chi connectivity index (χ4v) is 2.47. The van der Waals surface area contributed by atoms with Crippen molar-refractivity contribution in [2.75, 3.05) is 6.54 Å². The molecule has 1 aromatic rings. The lowest BCUT2D eigenvalue weighted by molar-refractivity contribution is -0.120. The van der Waals surface area contributed by atoms with Gasteiger partial charge in [0, 0.05) is 12.1 Å². The quantitative estimate of drug-likeness (QED) is 0.830. The van der Waals surface area contributed by atoms with Crippen LogP contribution in [-0.4, -0.2) is 17.6 Å². The summed E-state index contributed by atoms with van der Waals surface area (Å²) >= 11 is 0. The molecule has 0 fully saturated rings. The number of aromatic nitrogens is 1. The second-order valence-electron chi connectivity index (χ2n) is 5.19. The highest BCUT2D eigenvalue weighted by Crippen LogP contribution is 2.19. The van der Waals surface area contributed by atoms with E-state index in [0.29, 0.717) is 6.42 Å². The number of hydrogen-bond acceptors (Lipinski definition) is 3. The van der Waals surface area contributed by atoms with E-state index in [2.05, 4.69) is 16.5 Å². The monoisotopic (exact) mass is 262 g/mol. The van der Waals surface area contributed by atoms with E-state index >= 15 is 0 Å². The zero-order chi connectivity index (χ0) is 13.7. The maximum atomic E-state index is 11.9. The largest absolute Gasteiger partial charge is 0.361 e. The Balaban J connectivity index is 1.74. The Morgan fingerprint density at radius 3 is 2.89 bits per heavy atom. The number of nitrogens with zero attached hydrogens (tertiary/aromatic N) is 1. The van der Waals surface area contributed by atoms with Crippen molar-refractivity contribution in [1.29, 1.82) is 0 Å². The summed E-state index contributed by atoms with van der Waals surface area (Å²) in [5, 5.41) is 6.83. The van der Waals surface area contributed by atoms with Crippen LogP contribution in [0.5, 0.6) is 0 Å². The lowest BCUT2D eigenvalue weighted by atomic mass is 9.97. The van der Waals surface area contributed by atoms with Gasteiger partial charge >= 0.3 is 0 Å². The molecule has 0 unspecified atom stereocenters. The van der Waals surface area contributed by atoms with Crippen molar-refractivity contribution in [2.24, 2.45) is 0 Å². The van der Waals surface area contributed by atoms with Gasteiger partial charge in [0.15, 0.2) is 0 Å². The van der Waals surface area contributed by atoms with Crippen LogP contribution < -0.4 is 5.32 Å². The molecule has 4 nitrogen and oxygen atoms in total. The predicted octanol–water partition coefficient (Wildman–Crippen LogP) is 2.84. The predicted molar refractivity (Wildman–Crippen MR) is 73.9 cm³/mol. The molecule has 19 heavy (non-hydrogen) atoms. The number of amides is 1. The Morgan fingerprint density at radius 1 is 1.42 bits per heavy atom. The zero-order valence-electron chi connectivity index (χ0n) is 11.8. The number of allylic oxidation sites excluding steroid dienone is 1. The van der Waals surface area contributed by atoms with Gasteiger partial charge in [-0.2, -0.15) is 0 Å². The van der Waals surface area contributed by atoms with Gasteiger partial charge < -0.3 is 9.84 Å². The van der Waals surface area contributed by atoms with Crippen LogP contribution in [0.1, 0.15) is 49.1 Å². The van der Waals surface area contributed by atoms with E-state index in [4.69, 9.17) is 4.52 Å². The van der Waals surface area contributed by atoms with Crippen LogP contribution in [0.15, 0.2) is 16.2 Å². The molecule has 2 rings (SSSR count). The Morgan fingerprint density at radius 2 is 2.26 bits per heavy atom. The van der Waals surface area contributed by atoms with Crippen LogP contribution in [-0.2, 0) is 11.2 Å². The van der Waals surface area contributed by atoms with Crippen LogP contribution in [0.4, 0.5) is 0 Å². The average Bonchev–Trinajstić information content (AvgIpc) is 2.72. The molecule has 1 N–H and O–H groups in total. The van der Waals surface area contributed by atoms with Crippen molar-refractivity contribution >= 4 is 5.91 Å². The highest BCUT2D eigenvalue weighted by atomic mass is 16.5. The van der Waals surface area contributed by atoms with Gasteiger partial charge in [-0.25, -0.2) is 0 Å². The van der Waals surface area contributed by atoms with Crippen LogP contribution in [0, 0.1) is 13.8 Å². The van der Waals surface area contributed by atoms with E-state index in [-0.39, 0.29) is 5.91 Å². The van der Waals surface area contributed by atoms with Crippen LogP contribution in [0.25, 0.3) is 0 Å². The fourth-order valence-electron chi connectivity index (χ4n) is 2.47. The Kier molecular flexibility index (Phi) is 4.77. The SMILES string of the molecule is Cc1noc(C)c1CC(=O)NCCC1=CCCCC1. The summed E-state index contributed by atoms with van der Waals surface area (Å²) < 4.78 is 5.06. The van der Waals surface area contributed by atoms with Gasteiger partial charge in [-0.05, 0) is 46.0 Å². The smallest absolute Gasteiger partial charge is 0.224 e. The molecule has 0 saturated heterocycles. The summed E-state index contributed by atoms with van der Waals surface area (Å²) in [4.78, 5) is 11.9. The third-order valence-corrected chi connectivity index (χ3v) is 3.67. The number of carbonyl (C=O) groups is 1. The molecule has 0 spiro atoms. The minimum absolute atomic E-state index is 0.0470. The zero-order valence-corrected chi connectivity index (χ0v) is 11.8. The van der Waals surface area contributed by atoms with Crippen molar-refractivity contribution < 1.29 is 9.32 Å². The van der Waals surface area contributed by atoms with Crippen LogP contribution >= 0.6 is 0 Å². The molecule has 0 radical (unpaired) electrons. The van der Waals surface area contributed by atoms with Crippen molar-refractivity contribution in [1.82, 2.24) is 10.5 Å². The first-order valence-corrected chi connectivity index (χ1v) is 7.03. The first-order valence-electron chi connectivity index (χ1n) is 7.03. The molecule has 0 bridgehead atoms. The average molecular weight is 262 g/mol. The highest BCUT2D eigenvalue weighted by Gasteiger charge is 2.13. The minimum Gasteiger partial charge on any atom is -0.361 e. The first kappa shape index (κ1) is 13.8. The summed E-state index contributed by atoms with van der Waals surface area (Å²) in [6.45, 7) is 4.44. The van der Waals surface area contributed by atoms with E-state index in [0.717, 1.165) is 30.0 Å². The van der Waals surface area contributed by atoms with E-state index in [1.165, 1.54) is 31.3 Å². The number of aryl methyl sites for hydroxylation is 2. The molecule has 1 heterocycles. The lowest BCUT2D eigenvalue weighted by Gasteiger charge is -2.12. The maximum absolute atomic E-state index is 11.9. The standard InChI is InChI=1S/C15H22N2O2/c1-11-14(12(2)19-17-11)10-15(18)16-9-8-13-6-4-3-5-7-13/h6H,3-5,7-10H2,1-2H3,(H,16,18). The molecule has 1 aliphatic rings. The summed E-state index contributed by atoms with van der Waals surface area (Å²) in [5.74, 6) is 0.786. The molecular weight excluding hydrogens is 240 g/mol.